The SMILES string of the molecule is CC.CCCC(Nc1ccc(CC)c(C)c1F)C(=O)NC=O. The van der Waals surface area contributed by atoms with Crippen LogP contribution >= 0.6 is 0 Å². The number of anilines is 1. The molecule has 0 saturated heterocycles. The van der Waals surface area contributed by atoms with Crippen molar-refractivity contribution in [1.82, 2.24) is 5.32 Å². The summed E-state index contributed by atoms with van der Waals surface area (Å²) in [7, 11) is 0. The summed E-state index contributed by atoms with van der Waals surface area (Å²) in [5.74, 6) is -0.789. The van der Waals surface area contributed by atoms with Gasteiger partial charge in [-0.2, -0.15) is 0 Å². The number of aryl methyl sites for hydroxylation is 1. The molecule has 4 nitrogen and oxygen atoms in total. The molecule has 2 N–H and O–H groups in total. The molecule has 124 valence electrons. The van der Waals surface area contributed by atoms with Crippen LogP contribution in [0.25, 0.3) is 0 Å². The molecule has 2 amide bonds. The number of carbonyl (C=O) groups is 2. The third-order valence-electron chi connectivity index (χ3n) is 3.30. The number of imide groups is 1. The lowest BCUT2D eigenvalue weighted by Gasteiger charge is -2.19. The highest BCUT2D eigenvalue weighted by Gasteiger charge is 2.19. The van der Waals surface area contributed by atoms with Crippen LogP contribution in [-0.4, -0.2) is 18.4 Å². The Morgan fingerprint density at radius 3 is 2.45 bits per heavy atom. The largest absolute Gasteiger partial charge is 0.371 e. The summed E-state index contributed by atoms with van der Waals surface area (Å²) >= 11 is 0. The summed E-state index contributed by atoms with van der Waals surface area (Å²) in [4.78, 5) is 22.1. The van der Waals surface area contributed by atoms with E-state index in [2.05, 4.69) is 10.6 Å². The lowest BCUT2D eigenvalue weighted by atomic mass is 10.0. The van der Waals surface area contributed by atoms with Crippen molar-refractivity contribution in [1.29, 1.82) is 0 Å². The molecule has 0 aliphatic heterocycles. The molecule has 0 spiro atoms. The highest BCUT2D eigenvalue weighted by atomic mass is 19.1. The van der Waals surface area contributed by atoms with Gasteiger partial charge in [-0.05, 0) is 37.0 Å². The van der Waals surface area contributed by atoms with Crippen molar-refractivity contribution in [3.05, 3.63) is 29.1 Å². The van der Waals surface area contributed by atoms with Crippen LogP contribution < -0.4 is 10.6 Å². The maximum absolute atomic E-state index is 14.2. The topological polar surface area (TPSA) is 58.2 Å². The highest BCUT2D eigenvalue weighted by Crippen LogP contribution is 2.23. The number of carbonyl (C=O) groups excluding carboxylic acids is 2. The quantitative estimate of drug-likeness (QED) is 0.757. The van der Waals surface area contributed by atoms with Crippen LogP contribution in [0.5, 0.6) is 0 Å². The molecule has 0 aromatic heterocycles. The van der Waals surface area contributed by atoms with Crippen LogP contribution in [0, 0.1) is 12.7 Å². The normalized spacial score (nSPS) is 11.0. The van der Waals surface area contributed by atoms with Gasteiger partial charge >= 0.3 is 0 Å². The Morgan fingerprint density at radius 2 is 1.95 bits per heavy atom. The molecular weight excluding hydrogens is 283 g/mol. The summed E-state index contributed by atoms with van der Waals surface area (Å²) in [5.41, 5.74) is 1.82. The Balaban J connectivity index is 0.00000211. The third-order valence-corrected chi connectivity index (χ3v) is 3.30. The Hall–Kier alpha value is -1.91. The predicted octanol–water partition coefficient (Wildman–Crippen LogP) is 3.58. The van der Waals surface area contributed by atoms with Crippen LogP contribution in [0.1, 0.15) is 51.7 Å². The fraction of sp³-hybridized carbons (Fsp3) is 0.529. The smallest absolute Gasteiger partial charge is 0.248 e. The summed E-state index contributed by atoms with van der Waals surface area (Å²) in [6.45, 7) is 9.61. The van der Waals surface area contributed by atoms with Crippen molar-refractivity contribution < 1.29 is 14.0 Å². The fourth-order valence-electron chi connectivity index (χ4n) is 2.12. The van der Waals surface area contributed by atoms with Crippen LogP contribution in [-0.2, 0) is 16.0 Å². The molecule has 0 radical (unpaired) electrons. The van der Waals surface area contributed by atoms with Gasteiger partial charge in [-0.25, -0.2) is 4.39 Å². The average molecular weight is 310 g/mol. The van der Waals surface area contributed by atoms with Crippen molar-refractivity contribution in [2.75, 3.05) is 5.32 Å². The molecule has 1 atom stereocenters. The minimum atomic E-state index is -0.619. The lowest BCUT2D eigenvalue weighted by molar-refractivity contribution is -0.125. The monoisotopic (exact) mass is 310 g/mol. The zero-order chi connectivity index (χ0) is 17.1. The molecule has 0 saturated carbocycles. The minimum Gasteiger partial charge on any atom is -0.371 e. The van der Waals surface area contributed by atoms with Crippen molar-refractivity contribution in [2.24, 2.45) is 0 Å². The zero-order valence-corrected chi connectivity index (χ0v) is 14.1. The Kier molecular flexibility index (Phi) is 9.83. The standard InChI is InChI=1S/C15H21FN2O2.C2H6/c1-4-6-13(15(20)17-9-19)18-12-8-7-11(5-2)10(3)14(12)16;1-2/h7-9,13,18H,4-6H2,1-3H3,(H,17,19,20);1-2H3. The average Bonchev–Trinajstić information content (AvgIpc) is 2.53. The third kappa shape index (κ3) is 5.47. The second kappa shape index (κ2) is 10.8. The van der Waals surface area contributed by atoms with Gasteiger partial charge < -0.3 is 5.32 Å². The first kappa shape index (κ1) is 20.1. The number of halogens is 1. The van der Waals surface area contributed by atoms with Gasteiger partial charge in [0.2, 0.25) is 12.3 Å². The van der Waals surface area contributed by atoms with Crippen LogP contribution in [0.15, 0.2) is 12.1 Å². The summed E-state index contributed by atoms with van der Waals surface area (Å²) < 4.78 is 14.2. The van der Waals surface area contributed by atoms with Gasteiger partial charge in [0.15, 0.2) is 0 Å². The molecule has 0 bridgehead atoms. The van der Waals surface area contributed by atoms with Crippen molar-refractivity contribution >= 4 is 18.0 Å². The summed E-state index contributed by atoms with van der Waals surface area (Å²) in [6.07, 6.45) is 2.37. The van der Waals surface area contributed by atoms with E-state index < -0.39 is 11.9 Å². The zero-order valence-electron chi connectivity index (χ0n) is 14.1. The molecule has 1 aromatic carbocycles. The molecule has 0 aliphatic rings. The fourth-order valence-corrected chi connectivity index (χ4v) is 2.12. The van der Waals surface area contributed by atoms with E-state index in [1.165, 1.54) is 0 Å². The summed E-state index contributed by atoms with van der Waals surface area (Å²) in [5, 5.41) is 4.98. The maximum Gasteiger partial charge on any atom is 0.248 e. The highest BCUT2D eigenvalue weighted by molar-refractivity contribution is 5.91. The molecule has 1 unspecified atom stereocenters. The second-order valence-corrected chi connectivity index (χ2v) is 4.68. The molecule has 0 aliphatic carbocycles. The van der Waals surface area contributed by atoms with E-state index in [1.54, 1.807) is 13.0 Å². The van der Waals surface area contributed by atoms with Gasteiger partial charge in [-0.1, -0.05) is 40.2 Å². The van der Waals surface area contributed by atoms with Gasteiger partial charge in [0.1, 0.15) is 11.9 Å². The van der Waals surface area contributed by atoms with Gasteiger partial charge in [-0.3, -0.25) is 14.9 Å². The van der Waals surface area contributed by atoms with E-state index in [4.69, 9.17) is 0 Å². The van der Waals surface area contributed by atoms with E-state index in [9.17, 15) is 14.0 Å². The first-order valence-electron chi connectivity index (χ1n) is 7.83. The molecule has 1 rings (SSSR count). The van der Waals surface area contributed by atoms with E-state index in [0.717, 1.165) is 18.4 Å². The van der Waals surface area contributed by atoms with Gasteiger partial charge in [-0.15, -0.1) is 0 Å². The lowest BCUT2D eigenvalue weighted by Crippen LogP contribution is -2.39. The minimum absolute atomic E-state index is 0.291. The van der Waals surface area contributed by atoms with E-state index in [0.29, 0.717) is 24.1 Å². The number of amides is 2. The first-order valence-corrected chi connectivity index (χ1v) is 7.83. The van der Waals surface area contributed by atoms with Crippen molar-refractivity contribution in [3.63, 3.8) is 0 Å². The predicted molar refractivity (Wildman–Crippen MR) is 88.4 cm³/mol. The maximum atomic E-state index is 14.2. The Morgan fingerprint density at radius 1 is 1.32 bits per heavy atom. The molecule has 0 fully saturated rings. The molecule has 1 aromatic rings. The Labute approximate surface area is 132 Å². The van der Waals surface area contributed by atoms with E-state index in [1.807, 2.05) is 33.8 Å². The number of nitrogens with one attached hydrogen (secondary N) is 2. The first-order chi connectivity index (χ1) is 10.5. The van der Waals surface area contributed by atoms with Gasteiger partial charge in [0, 0.05) is 0 Å². The van der Waals surface area contributed by atoms with Crippen LogP contribution in [0.3, 0.4) is 0 Å². The molecule has 0 heterocycles. The van der Waals surface area contributed by atoms with Crippen LogP contribution in [0.4, 0.5) is 10.1 Å². The van der Waals surface area contributed by atoms with E-state index in [-0.39, 0.29) is 5.82 Å². The number of rotatable bonds is 7. The van der Waals surface area contributed by atoms with Crippen molar-refractivity contribution in [3.8, 4) is 0 Å². The van der Waals surface area contributed by atoms with Gasteiger partial charge in [0.25, 0.3) is 0 Å². The van der Waals surface area contributed by atoms with Crippen molar-refractivity contribution in [2.45, 2.75) is 59.9 Å². The number of hydrogen-bond donors (Lipinski definition) is 2. The second-order valence-electron chi connectivity index (χ2n) is 4.68. The number of hydrogen-bond acceptors (Lipinski definition) is 3. The number of benzene rings is 1. The molecule has 5 heteroatoms. The van der Waals surface area contributed by atoms with E-state index >= 15 is 0 Å². The Bertz CT molecular complexity index is 490. The molecular formula is C17H27FN2O2. The van der Waals surface area contributed by atoms with Gasteiger partial charge in [0.05, 0.1) is 5.69 Å². The van der Waals surface area contributed by atoms with Crippen LogP contribution in [0.2, 0.25) is 0 Å². The molecule has 22 heavy (non-hydrogen) atoms. The summed E-state index contributed by atoms with van der Waals surface area (Å²) in [6, 6.07) is 2.87.